The highest BCUT2D eigenvalue weighted by Crippen LogP contribution is 2.36. The van der Waals surface area contributed by atoms with E-state index in [1.54, 1.807) is 5.20 Å². The minimum Gasteiger partial charge on any atom is -0.346 e. The van der Waals surface area contributed by atoms with Gasteiger partial charge in [-0.1, -0.05) is 79.0 Å². The Bertz CT molecular complexity index is 346. The van der Waals surface area contributed by atoms with E-state index < -0.39 is 25.6 Å². The topological polar surface area (TPSA) is 24.1 Å². The average Bonchev–Trinajstić information content (AvgIpc) is 2.23. The molecule has 0 unspecified atom stereocenters. The van der Waals surface area contributed by atoms with Gasteiger partial charge >= 0.3 is 0 Å². The molecule has 5 heteroatoms. The third-order valence-corrected chi connectivity index (χ3v) is 22.5. The lowest BCUT2D eigenvalue weighted by Crippen LogP contribution is -2.69. The highest BCUT2D eigenvalue weighted by Gasteiger charge is 2.42. The van der Waals surface area contributed by atoms with Gasteiger partial charge in [-0.25, -0.2) is 0 Å². The smallest absolute Gasteiger partial charge is 0.199 e. The predicted octanol–water partition coefficient (Wildman–Crippen LogP) is 4.90. The van der Waals surface area contributed by atoms with Crippen LogP contribution in [0.4, 0.5) is 0 Å². The van der Waals surface area contributed by atoms with Crippen molar-refractivity contribution in [2.24, 2.45) is 0 Å². The molecule has 0 aliphatic carbocycles. The Morgan fingerprint density at radius 2 is 1.10 bits per heavy atom. The summed E-state index contributed by atoms with van der Waals surface area (Å²) in [6.45, 7) is 28.7. The van der Waals surface area contributed by atoms with E-state index in [-0.39, 0.29) is 0 Å². The van der Waals surface area contributed by atoms with Crippen LogP contribution in [0.15, 0.2) is 11.3 Å². The van der Waals surface area contributed by atoms with Gasteiger partial charge < -0.3 is 9.30 Å². The maximum absolute atomic E-state index is 4.15. The average molecular weight is 345 g/mol. The molecule has 0 aromatic rings. The van der Waals surface area contributed by atoms with Gasteiger partial charge in [0.15, 0.2) is 9.12 Å². The molecular formula is C16H40N2Si3. The largest absolute Gasteiger partial charge is 0.346 e. The van der Waals surface area contributed by atoms with Gasteiger partial charge in [-0.05, 0) is 23.9 Å². The molecule has 0 aliphatic heterocycles. The second-order valence-electron chi connectivity index (χ2n) is 9.50. The molecule has 2 nitrogen and oxygen atoms in total. The summed E-state index contributed by atoms with van der Waals surface area (Å²) in [6.07, 6.45) is 2.30. The molecule has 0 fully saturated rings. The van der Waals surface area contributed by atoms with Crippen LogP contribution in [0, 0.1) is 0 Å². The summed E-state index contributed by atoms with van der Waals surface area (Å²) in [5.41, 5.74) is 0. The summed E-state index contributed by atoms with van der Waals surface area (Å²) in [4.78, 5) is 0. The van der Waals surface area contributed by atoms with Gasteiger partial charge in [0.2, 0.25) is 0 Å². The van der Waals surface area contributed by atoms with Crippen LogP contribution >= 0.6 is 0 Å². The van der Waals surface area contributed by atoms with Gasteiger partial charge in [-0.3, -0.25) is 0 Å². The minimum atomic E-state index is -1.48. The van der Waals surface area contributed by atoms with Crippen LogP contribution in [-0.4, -0.2) is 25.6 Å². The zero-order chi connectivity index (χ0) is 17.3. The second-order valence-corrected chi connectivity index (χ2v) is 23.1. The van der Waals surface area contributed by atoms with Gasteiger partial charge in [0.25, 0.3) is 0 Å². The number of rotatable bonds is 5. The Kier molecular flexibility index (Phi) is 6.93. The zero-order valence-corrected chi connectivity index (χ0v) is 19.8. The summed E-state index contributed by atoms with van der Waals surface area (Å²) in [6, 6.07) is 0. The molecule has 0 aromatic heterocycles. The summed E-state index contributed by atoms with van der Waals surface area (Å²) >= 11 is 0. The first-order chi connectivity index (χ1) is 9.05. The van der Waals surface area contributed by atoms with Crippen molar-refractivity contribution < 1.29 is 0 Å². The van der Waals surface area contributed by atoms with E-state index in [1.165, 1.54) is 0 Å². The van der Waals surface area contributed by atoms with Gasteiger partial charge in [-0.15, -0.1) is 0 Å². The van der Waals surface area contributed by atoms with Crippen molar-refractivity contribution in [3.8, 4) is 0 Å². The lowest BCUT2D eigenvalue weighted by atomic mass is 10.2. The van der Waals surface area contributed by atoms with Crippen molar-refractivity contribution in [3.63, 3.8) is 0 Å². The second kappa shape index (κ2) is 6.83. The number of nitrogens with one attached hydrogen (secondary N) is 2. The Morgan fingerprint density at radius 1 is 0.810 bits per heavy atom. The molecule has 0 amide bonds. The number of hydrogen-bond donors (Lipinski definition) is 2. The van der Waals surface area contributed by atoms with E-state index in [2.05, 4.69) is 96.9 Å². The van der Waals surface area contributed by atoms with Gasteiger partial charge in [0, 0.05) is 0 Å². The van der Waals surface area contributed by atoms with E-state index in [0.717, 1.165) is 0 Å². The van der Waals surface area contributed by atoms with Crippen LogP contribution in [0.2, 0.25) is 36.3 Å². The predicted molar refractivity (Wildman–Crippen MR) is 107 cm³/mol. The highest BCUT2D eigenvalue weighted by atomic mass is 28.4. The van der Waals surface area contributed by atoms with E-state index >= 15 is 0 Å². The van der Waals surface area contributed by atoms with Crippen molar-refractivity contribution >= 4 is 25.6 Å². The summed E-state index contributed by atoms with van der Waals surface area (Å²) in [5.74, 6) is 0. The minimum absolute atomic E-state index is 0.376. The molecule has 0 aliphatic rings. The standard InChI is InChI=1S/C16H40N2Si3/c1-13-14(2)19(17-20(9,10)15(3,4)5)18-21(11,12)16(6,7)8/h13,17-19H,1-12H3. The highest BCUT2D eigenvalue weighted by molar-refractivity contribution is 6.93. The van der Waals surface area contributed by atoms with Crippen LogP contribution in [0.3, 0.4) is 0 Å². The lowest BCUT2D eigenvalue weighted by Gasteiger charge is -2.45. The van der Waals surface area contributed by atoms with Gasteiger partial charge in [0.1, 0.15) is 16.5 Å². The van der Waals surface area contributed by atoms with Crippen molar-refractivity contribution in [1.82, 2.24) is 9.30 Å². The fourth-order valence-electron chi connectivity index (χ4n) is 1.59. The Balaban J connectivity index is 5.37. The molecule has 21 heavy (non-hydrogen) atoms. The molecule has 0 saturated heterocycles. The van der Waals surface area contributed by atoms with E-state index in [0.29, 0.717) is 10.1 Å². The van der Waals surface area contributed by atoms with Crippen LogP contribution in [0.1, 0.15) is 55.4 Å². The van der Waals surface area contributed by atoms with Gasteiger partial charge in [0.05, 0.1) is 0 Å². The van der Waals surface area contributed by atoms with E-state index in [1.807, 2.05) is 0 Å². The number of hydrogen-bond acceptors (Lipinski definition) is 2. The summed E-state index contributed by atoms with van der Waals surface area (Å²) < 4.78 is 8.29. The third kappa shape index (κ3) is 5.78. The molecule has 0 radical (unpaired) electrons. The maximum atomic E-state index is 4.15. The molecule has 0 spiro atoms. The Hall–Kier alpha value is 0.311. The van der Waals surface area contributed by atoms with E-state index in [9.17, 15) is 0 Å². The maximum Gasteiger partial charge on any atom is 0.199 e. The zero-order valence-electron chi connectivity index (χ0n) is 16.7. The summed E-state index contributed by atoms with van der Waals surface area (Å²) in [5, 5.41) is 2.30. The molecule has 0 rings (SSSR count). The molecule has 126 valence electrons. The summed E-state index contributed by atoms with van der Waals surface area (Å²) in [7, 11) is -4.24. The van der Waals surface area contributed by atoms with Crippen LogP contribution in [-0.2, 0) is 0 Å². The Morgan fingerprint density at radius 3 is 1.29 bits per heavy atom. The van der Waals surface area contributed by atoms with Crippen molar-refractivity contribution in [3.05, 3.63) is 11.3 Å². The van der Waals surface area contributed by atoms with Crippen LogP contribution in [0.5, 0.6) is 0 Å². The first-order valence-corrected chi connectivity index (χ1v) is 16.0. The van der Waals surface area contributed by atoms with Crippen molar-refractivity contribution in [1.29, 1.82) is 0 Å². The molecule has 0 saturated carbocycles. The monoisotopic (exact) mass is 344 g/mol. The molecule has 0 heterocycles. The fourth-order valence-corrected chi connectivity index (χ4v) is 13.9. The van der Waals surface area contributed by atoms with Crippen molar-refractivity contribution in [2.75, 3.05) is 0 Å². The quantitative estimate of drug-likeness (QED) is 0.693. The third-order valence-electron chi connectivity index (χ3n) is 5.67. The van der Waals surface area contributed by atoms with Crippen LogP contribution < -0.4 is 9.30 Å². The first kappa shape index (κ1) is 21.3. The molecule has 0 atom stereocenters. The molecule has 2 N–H and O–H groups in total. The molecular weight excluding hydrogens is 304 g/mol. The normalized spacial score (nSPS) is 15.8. The lowest BCUT2D eigenvalue weighted by molar-refractivity contribution is 0.703. The first-order valence-electron chi connectivity index (χ1n) is 8.23. The van der Waals surface area contributed by atoms with Crippen molar-refractivity contribution in [2.45, 2.75) is 91.7 Å². The van der Waals surface area contributed by atoms with Gasteiger partial charge in [-0.2, -0.15) is 0 Å². The van der Waals surface area contributed by atoms with Crippen LogP contribution in [0.25, 0.3) is 0 Å². The van der Waals surface area contributed by atoms with E-state index in [4.69, 9.17) is 0 Å². The SMILES string of the molecule is CC=C(C)[SiH](N[Si](C)(C)C(C)(C)C)N[Si](C)(C)C(C)(C)C. The molecule has 0 aromatic carbocycles. The molecule has 0 bridgehead atoms. The number of allylic oxidation sites excluding steroid dienone is 2. The fraction of sp³-hybridized carbons (Fsp3) is 0.875. The Labute approximate surface area is 138 Å².